The van der Waals surface area contributed by atoms with Crippen LogP contribution in [0.25, 0.3) is 10.2 Å². The second kappa shape index (κ2) is 6.26. The molecule has 1 amide bonds. The first-order chi connectivity index (χ1) is 11.1. The van der Waals surface area contributed by atoms with Gasteiger partial charge in [-0.25, -0.2) is 4.98 Å². The van der Waals surface area contributed by atoms with E-state index in [0.29, 0.717) is 11.3 Å². The predicted molar refractivity (Wildman–Crippen MR) is 91.4 cm³/mol. The fraction of sp³-hybridized carbons (Fsp3) is 0.176. The Bertz CT molecular complexity index is 954. The highest BCUT2D eigenvalue weighted by molar-refractivity contribution is 7.16. The molecule has 0 aliphatic heterocycles. The zero-order valence-corrected chi connectivity index (χ0v) is 13.8. The van der Waals surface area contributed by atoms with Crippen molar-refractivity contribution < 1.29 is 4.79 Å². The largest absolute Gasteiger partial charge is 0.312 e. The van der Waals surface area contributed by atoms with Gasteiger partial charge in [0, 0.05) is 18.9 Å². The van der Waals surface area contributed by atoms with E-state index < -0.39 is 5.91 Å². The third-order valence-corrected chi connectivity index (χ3v) is 4.64. The van der Waals surface area contributed by atoms with E-state index in [0.717, 1.165) is 10.2 Å². The van der Waals surface area contributed by atoms with Crippen molar-refractivity contribution in [3.8, 4) is 0 Å². The lowest BCUT2D eigenvalue weighted by molar-refractivity contribution is 0.0993. The van der Waals surface area contributed by atoms with Crippen molar-refractivity contribution in [2.75, 3.05) is 0 Å². The summed E-state index contributed by atoms with van der Waals surface area (Å²) in [5, 5.41) is 0. The van der Waals surface area contributed by atoms with E-state index in [1.807, 2.05) is 4.57 Å². The van der Waals surface area contributed by atoms with Gasteiger partial charge in [0.25, 0.3) is 5.91 Å². The van der Waals surface area contributed by atoms with Gasteiger partial charge in [0.15, 0.2) is 4.80 Å². The van der Waals surface area contributed by atoms with Crippen molar-refractivity contribution in [3.63, 3.8) is 0 Å². The van der Waals surface area contributed by atoms with Gasteiger partial charge in [-0.3, -0.25) is 9.78 Å². The number of aryl methyl sites for hydroxylation is 2. The van der Waals surface area contributed by atoms with E-state index in [2.05, 4.69) is 47.5 Å². The lowest BCUT2D eigenvalue weighted by atomic mass is 10.1. The Morgan fingerprint density at radius 1 is 1.39 bits per heavy atom. The van der Waals surface area contributed by atoms with Crippen LogP contribution in [0, 0.1) is 13.8 Å². The summed E-state index contributed by atoms with van der Waals surface area (Å²) in [6.07, 6.45) is 6.24. The standard InChI is InChI=1S/C17H16N4OS/c1-4-7-21-14-9-11(2)8-12(3)15(14)23-17(21)20-16(22)13-10-18-5-6-19-13/h4-6,8-10H,1,7H2,2-3H3. The van der Waals surface area contributed by atoms with Crippen LogP contribution in [-0.4, -0.2) is 20.4 Å². The molecule has 2 aromatic heterocycles. The molecule has 6 heteroatoms. The van der Waals surface area contributed by atoms with E-state index in [-0.39, 0.29) is 5.69 Å². The molecule has 0 bridgehead atoms. The van der Waals surface area contributed by atoms with Gasteiger partial charge in [-0.15, -0.1) is 6.58 Å². The Labute approximate surface area is 137 Å². The summed E-state index contributed by atoms with van der Waals surface area (Å²) < 4.78 is 3.13. The Morgan fingerprint density at radius 2 is 2.22 bits per heavy atom. The molecule has 0 aliphatic rings. The fourth-order valence-corrected chi connectivity index (χ4v) is 3.54. The molecule has 0 unspecified atom stereocenters. The number of allylic oxidation sites excluding steroid dienone is 1. The summed E-state index contributed by atoms with van der Waals surface area (Å²) in [6, 6.07) is 4.24. The van der Waals surface area contributed by atoms with Crippen LogP contribution < -0.4 is 4.80 Å². The molecule has 0 spiro atoms. The Kier molecular flexibility index (Phi) is 4.16. The van der Waals surface area contributed by atoms with Gasteiger partial charge < -0.3 is 4.57 Å². The molecule has 0 N–H and O–H groups in total. The second-order valence-electron chi connectivity index (χ2n) is 5.22. The Morgan fingerprint density at radius 3 is 2.91 bits per heavy atom. The Hall–Kier alpha value is -2.60. The van der Waals surface area contributed by atoms with Crippen LogP contribution >= 0.6 is 11.3 Å². The topological polar surface area (TPSA) is 60.1 Å². The Balaban J connectivity index is 2.22. The van der Waals surface area contributed by atoms with Crippen LogP contribution in [0.15, 0.2) is 48.4 Å². The zero-order chi connectivity index (χ0) is 16.4. The third-order valence-electron chi connectivity index (χ3n) is 3.41. The van der Waals surface area contributed by atoms with Crippen molar-refractivity contribution in [2.45, 2.75) is 20.4 Å². The molecule has 3 rings (SSSR count). The smallest absolute Gasteiger partial charge is 0.299 e. The molecule has 116 valence electrons. The maximum Gasteiger partial charge on any atom is 0.299 e. The van der Waals surface area contributed by atoms with Crippen molar-refractivity contribution in [1.29, 1.82) is 0 Å². The van der Waals surface area contributed by atoms with Crippen LogP contribution in [0.5, 0.6) is 0 Å². The zero-order valence-electron chi connectivity index (χ0n) is 13.0. The molecule has 2 heterocycles. The molecule has 0 fully saturated rings. The number of hydrogen-bond acceptors (Lipinski definition) is 4. The SMILES string of the molecule is C=CCn1c(=NC(=O)c2cnccn2)sc2c(C)cc(C)cc21. The molecule has 0 aliphatic carbocycles. The van der Waals surface area contributed by atoms with Crippen LogP contribution in [0.4, 0.5) is 0 Å². The summed E-state index contributed by atoms with van der Waals surface area (Å²) in [5.74, 6) is -0.392. The van der Waals surface area contributed by atoms with Gasteiger partial charge in [0.1, 0.15) is 5.69 Å². The van der Waals surface area contributed by atoms with Crippen molar-refractivity contribution >= 4 is 27.5 Å². The average molecular weight is 324 g/mol. The lowest BCUT2D eigenvalue weighted by Gasteiger charge is -2.03. The number of carbonyl (C=O) groups is 1. The molecular formula is C17H16N4OS. The number of benzene rings is 1. The first-order valence-corrected chi connectivity index (χ1v) is 7.98. The molecule has 0 saturated carbocycles. The normalized spacial score (nSPS) is 11.8. The number of fused-ring (bicyclic) bond motifs is 1. The van der Waals surface area contributed by atoms with E-state index in [1.165, 1.54) is 41.1 Å². The van der Waals surface area contributed by atoms with Gasteiger partial charge in [-0.05, 0) is 31.0 Å². The first kappa shape index (κ1) is 15.3. The minimum absolute atomic E-state index is 0.239. The van der Waals surface area contributed by atoms with E-state index in [9.17, 15) is 4.79 Å². The van der Waals surface area contributed by atoms with E-state index >= 15 is 0 Å². The number of nitrogens with zero attached hydrogens (tertiary/aromatic N) is 4. The molecule has 5 nitrogen and oxygen atoms in total. The molecular weight excluding hydrogens is 308 g/mol. The van der Waals surface area contributed by atoms with Crippen LogP contribution in [0.2, 0.25) is 0 Å². The summed E-state index contributed by atoms with van der Waals surface area (Å²) in [6.45, 7) is 8.52. The number of thiazole rings is 1. The number of rotatable bonds is 3. The molecule has 0 saturated heterocycles. The molecule has 1 aromatic carbocycles. The van der Waals surface area contributed by atoms with Crippen molar-refractivity contribution in [1.82, 2.24) is 14.5 Å². The maximum absolute atomic E-state index is 12.3. The van der Waals surface area contributed by atoms with Crippen LogP contribution in [0.1, 0.15) is 21.6 Å². The van der Waals surface area contributed by atoms with Crippen LogP contribution in [-0.2, 0) is 6.54 Å². The van der Waals surface area contributed by atoms with Crippen molar-refractivity contribution in [2.24, 2.45) is 4.99 Å². The third kappa shape index (κ3) is 2.98. The van der Waals surface area contributed by atoms with Crippen molar-refractivity contribution in [3.05, 3.63) is 65.0 Å². The maximum atomic E-state index is 12.3. The number of hydrogen-bond donors (Lipinski definition) is 0. The summed E-state index contributed by atoms with van der Waals surface area (Å²) in [4.78, 5) is 25.1. The fourth-order valence-electron chi connectivity index (χ4n) is 2.46. The highest BCUT2D eigenvalue weighted by Crippen LogP contribution is 2.23. The van der Waals surface area contributed by atoms with E-state index in [4.69, 9.17) is 0 Å². The van der Waals surface area contributed by atoms with Gasteiger partial charge in [-0.2, -0.15) is 4.99 Å². The number of amides is 1. The van der Waals surface area contributed by atoms with Gasteiger partial charge in [0.2, 0.25) is 0 Å². The average Bonchev–Trinajstić information content (AvgIpc) is 2.87. The van der Waals surface area contributed by atoms with Gasteiger partial charge in [-0.1, -0.05) is 23.5 Å². The quantitative estimate of drug-likeness (QED) is 0.696. The predicted octanol–water partition coefficient (Wildman–Crippen LogP) is 3.04. The minimum atomic E-state index is -0.392. The number of carbonyl (C=O) groups excluding carboxylic acids is 1. The first-order valence-electron chi connectivity index (χ1n) is 7.16. The van der Waals surface area contributed by atoms with Gasteiger partial charge >= 0.3 is 0 Å². The summed E-state index contributed by atoms with van der Waals surface area (Å²) >= 11 is 1.50. The minimum Gasteiger partial charge on any atom is -0.312 e. The van der Waals surface area contributed by atoms with E-state index in [1.54, 1.807) is 6.08 Å². The molecule has 0 radical (unpaired) electrons. The lowest BCUT2D eigenvalue weighted by Crippen LogP contribution is -2.16. The molecule has 3 aromatic rings. The summed E-state index contributed by atoms with van der Waals surface area (Å²) in [5.41, 5.74) is 3.66. The summed E-state index contributed by atoms with van der Waals surface area (Å²) in [7, 11) is 0. The molecule has 0 atom stereocenters. The highest BCUT2D eigenvalue weighted by atomic mass is 32.1. The second-order valence-corrected chi connectivity index (χ2v) is 6.20. The molecule has 23 heavy (non-hydrogen) atoms. The highest BCUT2D eigenvalue weighted by Gasteiger charge is 2.11. The monoisotopic (exact) mass is 324 g/mol. The number of aromatic nitrogens is 3. The van der Waals surface area contributed by atoms with Crippen LogP contribution in [0.3, 0.4) is 0 Å². The van der Waals surface area contributed by atoms with Gasteiger partial charge in [0.05, 0.1) is 16.4 Å².